The maximum atomic E-state index is 12.2. The molecule has 3 atom stereocenters. The summed E-state index contributed by atoms with van der Waals surface area (Å²) in [6, 6.07) is 0.254. The molecule has 1 N–H and O–H groups in total. The Labute approximate surface area is 129 Å². The van der Waals surface area contributed by atoms with Crippen molar-refractivity contribution in [1.82, 2.24) is 5.32 Å². The Hall–Kier alpha value is -0.580. The molecule has 2 aliphatic rings. The lowest BCUT2D eigenvalue weighted by molar-refractivity contribution is -0.123. The minimum atomic E-state index is -2.89. The van der Waals surface area contributed by atoms with Crippen LogP contribution >= 0.6 is 0 Å². The first kappa shape index (κ1) is 16.8. The normalized spacial score (nSPS) is 32.8. The molecule has 3 unspecified atom stereocenters. The molecular weight excluding hydrogens is 286 g/mol. The number of nitrogens with one attached hydrogen (secondary N) is 1. The van der Waals surface area contributed by atoms with Gasteiger partial charge in [-0.15, -0.1) is 0 Å². The fourth-order valence-corrected chi connectivity index (χ4v) is 5.76. The highest BCUT2D eigenvalue weighted by Crippen LogP contribution is 2.38. The molecule has 1 saturated carbocycles. The maximum Gasteiger partial charge on any atom is 0.220 e. The van der Waals surface area contributed by atoms with E-state index in [2.05, 4.69) is 26.1 Å². The Morgan fingerprint density at radius 2 is 1.81 bits per heavy atom. The third-order valence-corrected chi connectivity index (χ3v) is 6.86. The predicted octanol–water partition coefficient (Wildman–Crippen LogP) is 2.53. The van der Waals surface area contributed by atoms with E-state index in [1.54, 1.807) is 0 Å². The zero-order chi connectivity index (χ0) is 15.7. The molecule has 1 amide bonds. The molecule has 122 valence electrons. The van der Waals surface area contributed by atoms with E-state index in [-0.39, 0.29) is 34.8 Å². The lowest BCUT2D eigenvalue weighted by atomic mass is 9.69. The molecule has 0 aromatic rings. The second-order valence-electron chi connectivity index (χ2n) is 7.90. The zero-order valence-electron chi connectivity index (χ0n) is 13.5. The highest BCUT2D eigenvalue weighted by molar-refractivity contribution is 7.91. The van der Waals surface area contributed by atoms with Crippen LogP contribution in [0.25, 0.3) is 0 Å². The van der Waals surface area contributed by atoms with Crippen molar-refractivity contribution in [1.29, 1.82) is 0 Å². The summed E-state index contributed by atoms with van der Waals surface area (Å²) >= 11 is 0. The summed E-state index contributed by atoms with van der Waals surface area (Å²) in [5.41, 5.74) is 0.203. The molecule has 0 aromatic carbocycles. The van der Waals surface area contributed by atoms with Crippen LogP contribution < -0.4 is 5.32 Å². The standard InChI is InChI=1S/C16H29NO3S/c1-16(2,3)13-6-4-5-7-14(13)17-15(18)10-12-8-9-21(19,20)11-12/h12-14H,4-11H2,1-3H3,(H,17,18). The van der Waals surface area contributed by atoms with E-state index in [4.69, 9.17) is 0 Å². The van der Waals surface area contributed by atoms with Crippen LogP contribution in [0, 0.1) is 17.3 Å². The molecule has 5 heteroatoms. The third kappa shape index (κ3) is 4.70. The Morgan fingerprint density at radius 3 is 2.38 bits per heavy atom. The first-order valence-corrected chi connectivity index (χ1v) is 9.99. The molecule has 2 rings (SSSR count). The Balaban J connectivity index is 1.89. The monoisotopic (exact) mass is 315 g/mol. The number of hydrogen-bond acceptors (Lipinski definition) is 3. The molecule has 1 aliphatic heterocycles. The van der Waals surface area contributed by atoms with Gasteiger partial charge in [-0.3, -0.25) is 4.79 Å². The Kier molecular flexibility index (Phi) is 5.01. The maximum absolute atomic E-state index is 12.2. The molecule has 21 heavy (non-hydrogen) atoms. The van der Waals surface area contributed by atoms with E-state index in [0.29, 0.717) is 18.8 Å². The van der Waals surface area contributed by atoms with Gasteiger partial charge < -0.3 is 5.32 Å². The van der Waals surface area contributed by atoms with Gasteiger partial charge in [-0.05, 0) is 36.5 Å². The van der Waals surface area contributed by atoms with Gasteiger partial charge in [-0.1, -0.05) is 33.6 Å². The van der Waals surface area contributed by atoms with Crippen molar-refractivity contribution in [3.8, 4) is 0 Å². The smallest absolute Gasteiger partial charge is 0.220 e. The average molecular weight is 315 g/mol. The van der Waals surface area contributed by atoms with E-state index < -0.39 is 9.84 Å². The number of rotatable bonds is 3. The highest BCUT2D eigenvalue weighted by Gasteiger charge is 2.36. The number of amides is 1. The topological polar surface area (TPSA) is 63.2 Å². The van der Waals surface area contributed by atoms with Crippen LogP contribution in [-0.2, 0) is 14.6 Å². The lowest BCUT2D eigenvalue weighted by Gasteiger charge is -2.40. The van der Waals surface area contributed by atoms with Crippen molar-refractivity contribution in [2.45, 2.75) is 65.3 Å². The van der Waals surface area contributed by atoms with Gasteiger partial charge in [0.25, 0.3) is 0 Å². The van der Waals surface area contributed by atoms with Crippen molar-refractivity contribution in [2.75, 3.05) is 11.5 Å². The van der Waals surface area contributed by atoms with Crippen molar-refractivity contribution in [3.05, 3.63) is 0 Å². The highest BCUT2D eigenvalue weighted by atomic mass is 32.2. The van der Waals surface area contributed by atoms with E-state index in [0.717, 1.165) is 6.42 Å². The molecule has 1 saturated heterocycles. The summed E-state index contributed by atoms with van der Waals surface area (Å²) in [5.74, 6) is 1.01. The van der Waals surface area contributed by atoms with Gasteiger partial charge in [0, 0.05) is 12.5 Å². The molecular formula is C16H29NO3S. The fraction of sp³-hybridized carbons (Fsp3) is 0.938. The number of carbonyl (C=O) groups excluding carboxylic acids is 1. The first-order valence-electron chi connectivity index (χ1n) is 8.17. The van der Waals surface area contributed by atoms with Crippen LogP contribution in [0.4, 0.5) is 0 Å². The zero-order valence-corrected chi connectivity index (χ0v) is 14.3. The van der Waals surface area contributed by atoms with Crippen molar-refractivity contribution in [3.63, 3.8) is 0 Å². The van der Waals surface area contributed by atoms with Crippen LogP contribution in [0.1, 0.15) is 59.3 Å². The second kappa shape index (κ2) is 6.27. The summed E-state index contributed by atoms with van der Waals surface area (Å²) in [5, 5.41) is 3.20. The minimum absolute atomic E-state index is 0.0201. The van der Waals surface area contributed by atoms with Gasteiger partial charge in [0.05, 0.1) is 11.5 Å². The summed E-state index contributed by atoms with van der Waals surface area (Å²) in [4.78, 5) is 12.2. The van der Waals surface area contributed by atoms with Gasteiger partial charge >= 0.3 is 0 Å². The molecule has 4 nitrogen and oxygen atoms in total. The summed E-state index contributed by atoms with van der Waals surface area (Å²) in [6.07, 6.45) is 5.66. The largest absolute Gasteiger partial charge is 0.353 e. The molecule has 2 fully saturated rings. The van der Waals surface area contributed by atoms with Gasteiger partial charge in [0.2, 0.25) is 5.91 Å². The number of hydrogen-bond donors (Lipinski definition) is 1. The second-order valence-corrected chi connectivity index (χ2v) is 10.1. The Bertz CT molecular complexity index is 478. The van der Waals surface area contributed by atoms with E-state index in [1.165, 1.54) is 19.3 Å². The molecule has 0 aromatic heterocycles. The minimum Gasteiger partial charge on any atom is -0.353 e. The first-order chi connectivity index (χ1) is 9.67. The SMILES string of the molecule is CC(C)(C)C1CCCCC1NC(=O)CC1CCS(=O)(=O)C1. The van der Waals surface area contributed by atoms with E-state index >= 15 is 0 Å². The number of sulfone groups is 1. The molecule has 0 radical (unpaired) electrons. The third-order valence-electron chi connectivity index (χ3n) is 5.03. The van der Waals surface area contributed by atoms with Gasteiger partial charge in [-0.2, -0.15) is 0 Å². The van der Waals surface area contributed by atoms with Crippen LogP contribution in [0.2, 0.25) is 0 Å². The quantitative estimate of drug-likeness (QED) is 0.870. The molecule has 0 bridgehead atoms. The lowest BCUT2D eigenvalue weighted by Crippen LogP contribution is -2.47. The molecule has 0 spiro atoms. The van der Waals surface area contributed by atoms with Crippen LogP contribution in [0.15, 0.2) is 0 Å². The van der Waals surface area contributed by atoms with Crippen LogP contribution in [0.5, 0.6) is 0 Å². The number of carbonyl (C=O) groups is 1. The molecule has 1 aliphatic carbocycles. The van der Waals surface area contributed by atoms with E-state index in [1.807, 2.05) is 0 Å². The van der Waals surface area contributed by atoms with Crippen LogP contribution in [-0.4, -0.2) is 31.9 Å². The van der Waals surface area contributed by atoms with E-state index in [9.17, 15) is 13.2 Å². The van der Waals surface area contributed by atoms with Gasteiger partial charge in [0.1, 0.15) is 0 Å². The van der Waals surface area contributed by atoms with Gasteiger partial charge in [-0.25, -0.2) is 8.42 Å². The van der Waals surface area contributed by atoms with Crippen LogP contribution in [0.3, 0.4) is 0 Å². The summed E-state index contributed by atoms with van der Waals surface area (Å²) in [6.45, 7) is 6.73. The van der Waals surface area contributed by atoms with Gasteiger partial charge in [0.15, 0.2) is 9.84 Å². The van der Waals surface area contributed by atoms with Crippen molar-refractivity contribution >= 4 is 15.7 Å². The average Bonchev–Trinajstić information content (AvgIpc) is 2.67. The summed E-state index contributed by atoms with van der Waals surface area (Å²) in [7, 11) is -2.89. The Morgan fingerprint density at radius 1 is 1.14 bits per heavy atom. The molecule has 1 heterocycles. The fourth-order valence-electron chi connectivity index (χ4n) is 3.90. The summed E-state index contributed by atoms with van der Waals surface area (Å²) < 4.78 is 22.9. The predicted molar refractivity (Wildman–Crippen MR) is 84.7 cm³/mol. The van der Waals surface area contributed by atoms with Crippen molar-refractivity contribution in [2.24, 2.45) is 17.3 Å². The van der Waals surface area contributed by atoms with Crippen molar-refractivity contribution < 1.29 is 13.2 Å².